The molecule has 0 fully saturated rings. The quantitative estimate of drug-likeness (QED) is 0.428. The zero-order valence-electron chi connectivity index (χ0n) is 14.8. The van der Waals surface area contributed by atoms with Crippen LogP contribution in [0.5, 0.6) is 11.5 Å². The predicted molar refractivity (Wildman–Crippen MR) is 95.9 cm³/mol. The second-order valence-corrected chi connectivity index (χ2v) is 5.40. The number of methoxy groups -OCH3 is 1. The molecule has 0 saturated heterocycles. The first-order valence-corrected chi connectivity index (χ1v) is 7.87. The molecule has 0 aliphatic heterocycles. The van der Waals surface area contributed by atoms with E-state index < -0.39 is 23.4 Å². The number of amides is 1. The molecular weight excluding hydrogens is 356 g/mol. The number of nitrogens with one attached hydrogen (secondary N) is 1. The highest BCUT2D eigenvalue weighted by Gasteiger charge is 2.18. The first-order chi connectivity index (χ1) is 12.9. The lowest BCUT2D eigenvalue weighted by atomic mass is 10.2. The van der Waals surface area contributed by atoms with Crippen LogP contribution in [0.3, 0.4) is 0 Å². The van der Waals surface area contributed by atoms with Gasteiger partial charge in [0.05, 0.1) is 18.1 Å². The Hall–Kier alpha value is -3.62. The van der Waals surface area contributed by atoms with E-state index in [4.69, 9.17) is 14.2 Å². The first kappa shape index (κ1) is 19.7. The normalized spacial score (nSPS) is 10.0. The van der Waals surface area contributed by atoms with Crippen molar-refractivity contribution in [3.05, 3.63) is 58.1 Å². The Kier molecular flexibility index (Phi) is 6.70. The molecule has 0 atom stereocenters. The van der Waals surface area contributed by atoms with E-state index in [1.807, 2.05) is 19.1 Å². The number of ether oxygens (including phenoxy) is 3. The zero-order valence-corrected chi connectivity index (χ0v) is 14.8. The molecule has 0 aliphatic rings. The molecule has 0 aliphatic carbocycles. The maximum Gasteiger partial charge on any atom is 0.344 e. The van der Waals surface area contributed by atoms with Gasteiger partial charge in [-0.1, -0.05) is 18.2 Å². The van der Waals surface area contributed by atoms with Gasteiger partial charge in [-0.05, 0) is 30.7 Å². The van der Waals surface area contributed by atoms with Gasteiger partial charge >= 0.3 is 5.97 Å². The van der Waals surface area contributed by atoms with E-state index in [9.17, 15) is 19.7 Å². The summed E-state index contributed by atoms with van der Waals surface area (Å²) in [5, 5.41) is 13.4. The number of nitro groups is 1. The Balaban J connectivity index is 1.86. The lowest BCUT2D eigenvalue weighted by molar-refractivity contribution is -0.384. The van der Waals surface area contributed by atoms with Crippen LogP contribution in [0.1, 0.15) is 5.56 Å². The summed E-state index contributed by atoms with van der Waals surface area (Å²) in [5.74, 6) is -0.641. The van der Waals surface area contributed by atoms with Gasteiger partial charge in [-0.2, -0.15) is 0 Å². The first-order valence-electron chi connectivity index (χ1n) is 7.87. The van der Waals surface area contributed by atoms with Crippen LogP contribution in [-0.2, 0) is 14.3 Å². The van der Waals surface area contributed by atoms with Crippen LogP contribution in [0.4, 0.5) is 11.4 Å². The molecule has 2 aromatic rings. The Morgan fingerprint density at radius 2 is 1.89 bits per heavy atom. The third-order valence-electron chi connectivity index (χ3n) is 3.48. The van der Waals surface area contributed by atoms with Crippen molar-refractivity contribution >= 4 is 23.3 Å². The Morgan fingerprint density at radius 1 is 1.15 bits per heavy atom. The number of esters is 1. The fraction of sp³-hybridized carbons (Fsp3) is 0.222. The third kappa shape index (κ3) is 5.70. The fourth-order valence-electron chi connectivity index (χ4n) is 2.12. The van der Waals surface area contributed by atoms with Crippen molar-refractivity contribution < 1.29 is 28.7 Å². The molecule has 0 radical (unpaired) electrons. The summed E-state index contributed by atoms with van der Waals surface area (Å²) in [6.07, 6.45) is 0. The van der Waals surface area contributed by atoms with Crippen LogP contribution >= 0.6 is 0 Å². The van der Waals surface area contributed by atoms with Gasteiger partial charge in [-0.25, -0.2) is 4.79 Å². The van der Waals surface area contributed by atoms with Crippen molar-refractivity contribution in [1.29, 1.82) is 0 Å². The Bertz CT molecular complexity index is 851. The number of anilines is 1. The summed E-state index contributed by atoms with van der Waals surface area (Å²) in [5.41, 5.74) is 0.491. The number of carbonyl (C=O) groups excluding carboxylic acids is 2. The highest BCUT2D eigenvalue weighted by molar-refractivity contribution is 5.95. The standard InChI is InChI=1S/C18H18N2O7/c1-12-5-3-4-6-16(12)26-11-18(22)27-10-17(21)19-14-8-7-13(25-2)9-15(14)20(23)24/h3-9H,10-11H2,1-2H3,(H,19,21). The van der Waals surface area contributed by atoms with E-state index in [-0.39, 0.29) is 23.7 Å². The molecule has 27 heavy (non-hydrogen) atoms. The maximum atomic E-state index is 11.9. The number of aryl methyl sites for hydroxylation is 1. The molecular formula is C18H18N2O7. The van der Waals surface area contributed by atoms with Crippen LogP contribution in [0.25, 0.3) is 0 Å². The maximum absolute atomic E-state index is 11.9. The lowest BCUT2D eigenvalue weighted by Gasteiger charge is -2.10. The van der Waals surface area contributed by atoms with Gasteiger partial charge in [0.25, 0.3) is 11.6 Å². The van der Waals surface area contributed by atoms with Crippen LogP contribution in [0.15, 0.2) is 42.5 Å². The van der Waals surface area contributed by atoms with Crippen molar-refractivity contribution in [2.75, 3.05) is 25.6 Å². The number of para-hydroxylation sites is 1. The summed E-state index contributed by atoms with van der Waals surface area (Å²) in [4.78, 5) is 34.0. The number of benzene rings is 2. The average molecular weight is 374 g/mol. The minimum absolute atomic E-state index is 0.0296. The molecule has 9 heteroatoms. The highest BCUT2D eigenvalue weighted by atomic mass is 16.6. The third-order valence-corrected chi connectivity index (χ3v) is 3.48. The van der Waals surface area contributed by atoms with E-state index in [0.717, 1.165) is 5.56 Å². The molecule has 0 bridgehead atoms. The minimum Gasteiger partial charge on any atom is -0.496 e. The van der Waals surface area contributed by atoms with Gasteiger partial charge in [0, 0.05) is 0 Å². The summed E-state index contributed by atoms with van der Waals surface area (Å²) >= 11 is 0. The molecule has 0 unspecified atom stereocenters. The molecule has 0 aromatic heterocycles. The van der Waals surface area contributed by atoms with Crippen LogP contribution < -0.4 is 14.8 Å². The number of nitrogens with zero attached hydrogens (tertiary/aromatic N) is 1. The van der Waals surface area contributed by atoms with E-state index in [1.54, 1.807) is 12.1 Å². The topological polar surface area (TPSA) is 117 Å². The molecule has 9 nitrogen and oxygen atoms in total. The van der Waals surface area contributed by atoms with Crippen molar-refractivity contribution in [2.45, 2.75) is 6.92 Å². The second-order valence-electron chi connectivity index (χ2n) is 5.40. The Labute approximate surface area is 155 Å². The summed E-state index contributed by atoms with van der Waals surface area (Å²) in [7, 11) is 1.37. The Morgan fingerprint density at radius 3 is 2.56 bits per heavy atom. The van der Waals surface area contributed by atoms with Gasteiger partial charge in [-0.15, -0.1) is 0 Å². The molecule has 1 N–H and O–H groups in total. The SMILES string of the molecule is COc1ccc(NC(=O)COC(=O)COc2ccccc2C)c([N+](=O)[O-])c1. The molecule has 0 heterocycles. The number of carbonyl (C=O) groups is 2. The minimum atomic E-state index is -0.738. The number of hydrogen-bond acceptors (Lipinski definition) is 7. The highest BCUT2D eigenvalue weighted by Crippen LogP contribution is 2.28. The van der Waals surface area contributed by atoms with Gasteiger partial charge in [-0.3, -0.25) is 14.9 Å². The van der Waals surface area contributed by atoms with Gasteiger partial charge in [0.15, 0.2) is 13.2 Å². The predicted octanol–water partition coefficient (Wildman–Crippen LogP) is 2.47. The van der Waals surface area contributed by atoms with Crippen molar-refractivity contribution in [3.63, 3.8) is 0 Å². The van der Waals surface area contributed by atoms with Gasteiger partial charge in [0.1, 0.15) is 17.2 Å². The second kappa shape index (κ2) is 9.18. The van der Waals surface area contributed by atoms with E-state index in [0.29, 0.717) is 5.75 Å². The lowest BCUT2D eigenvalue weighted by Crippen LogP contribution is -2.24. The number of hydrogen-bond donors (Lipinski definition) is 1. The number of nitro benzene ring substituents is 1. The molecule has 0 saturated carbocycles. The monoisotopic (exact) mass is 374 g/mol. The van der Waals surface area contributed by atoms with Crippen molar-refractivity contribution in [2.24, 2.45) is 0 Å². The number of rotatable bonds is 8. The fourth-order valence-corrected chi connectivity index (χ4v) is 2.12. The summed E-state index contributed by atoms with van der Waals surface area (Å²) < 4.78 is 15.0. The van der Waals surface area contributed by atoms with Crippen LogP contribution in [-0.4, -0.2) is 37.1 Å². The van der Waals surface area contributed by atoms with E-state index in [2.05, 4.69) is 5.32 Å². The van der Waals surface area contributed by atoms with E-state index >= 15 is 0 Å². The molecule has 0 spiro atoms. The van der Waals surface area contributed by atoms with Crippen LogP contribution in [0.2, 0.25) is 0 Å². The molecule has 142 valence electrons. The van der Waals surface area contributed by atoms with E-state index in [1.165, 1.54) is 25.3 Å². The van der Waals surface area contributed by atoms with Crippen molar-refractivity contribution in [1.82, 2.24) is 0 Å². The smallest absolute Gasteiger partial charge is 0.344 e. The molecule has 2 rings (SSSR count). The molecule has 2 aromatic carbocycles. The summed E-state index contributed by atoms with van der Waals surface area (Å²) in [6, 6.07) is 11.1. The van der Waals surface area contributed by atoms with Gasteiger partial charge in [0.2, 0.25) is 0 Å². The summed E-state index contributed by atoms with van der Waals surface area (Å²) in [6.45, 7) is 0.871. The van der Waals surface area contributed by atoms with Gasteiger partial charge < -0.3 is 19.5 Å². The molecule has 1 amide bonds. The van der Waals surface area contributed by atoms with Crippen LogP contribution in [0, 0.1) is 17.0 Å². The largest absolute Gasteiger partial charge is 0.496 e. The average Bonchev–Trinajstić information content (AvgIpc) is 2.65. The van der Waals surface area contributed by atoms with Crippen molar-refractivity contribution in [3.8, 4) is 11.5 Å². The zero-order chi connectivity index (χ0) is 19.8.